The van der Waals surface area contributed by atoms with Gasteiger partial charge in [-0.05, 0) is 47.6 Å². The van der Waals surface area contributed by atoms with E-state index >= 15 is 0 Å². The summed E-state index contributed by atoms with van der Waals surface area (Å²) in [4.78, 5) is 11.8. The molecule has 0 aliphatic carbocycles. The Morgan fingerprint density at radius 1 is 0.750 bits per heavy atom. The van der Waals surface area contributed by atoms with Crippen molar-refractivity contribution in [1.82, 2.24) is 0 Å². The van der Waals surface area contributed by atoms with E-state index in [0.717, 1.165) is 11.1 Å². The average Bonchev–Trinajstić information content (AvgIpc) is 2.45. The van der Waals surface area contributed by atoms with Crippen LogP contribution < -0.4 is 0 Å². The SMILES string of the molecule is O=C(C=Cc1ccccc1Cl)C=Cc1ccccc1Cl. The number of carbonyl (C=O) groups is 1. The monoisotopic (exact) mass is 302 g/mol. The molecule has 0 radical (unpaired) electrons. The zero-order chi connectivity index (χ0) is 14.4. The molecule has 0 unspecified atom stereocenters. The van der Waals surface area contributed by atoms with Crippen molar-refractivity contribution in [3.63, 3.8) is 0 Å². The number of benzene rings is 2. The standard InChI is InChI=1S/C17H12Cl2O/c18-16-7-3-1-5-13(16)9-11-15(20)12-10-14-6-2-4-8-17(14)19/h1-12H. The first-order valence-electron chi connectivity index (χ1n) is 6.06. The third-order valence-electron chi connectivity index (χ3n) is 2.66. The highest BCUT2D eigenvalue weighted by Crippen LogP contribution is 2.17. The lowest BCUT2D eigenvalue weighted by atomic mass is 10.1. The molecule has 0 saturated heterocycles. The van der Waals surface area contributed by atoms with Crippen LogP contribution in [0.15, 0.2) is 60.7 Å². The van der Waals surface area contributed by atoms with Crippen molar-refractivity contribution in [3.05, 3.63) is 81.9 Å². The first-order valence-corrected chi connectivity index (χ1v) is 6.81. The molecule has 2 rings (SSSR count). The minimum absolute atomic E-state index is 0.121. The van der Waals surface area contributed by atoms with Gasteiger partial charge in [0.15, 0.2) is 5.78 Å². The van der Waals surface area contributed by atoms with Gasteiger partial charge >= 0.3 is 0 Å². The van der Waals surface area contributed by atoms with E-state index in [1.807, 2.05) is 36.4 Å². The molecule has 20 heavy (non-hydrogen) atoms. The van der Waals surface area contributed by atoms with Crippen LogP contribution in [-0.2, 0) is 4.79 Å². The molecular weight excluding hydrogens is 291 g/mol. The van der Waals surface area contributed by atoms with Crippen LogP contribution in [0, 0.1) is 0 Å². The number of hydrogen-bond donors (Lipinski definition) is 0. The quantitative estimate of drug-likeness (QED) is 0.701. The lowest BCUT2D eigenvalue weighted by Crippen LogP contribution is -1.85. The summed E-state index contributed by atoms with van der Waals surface area (Å²) in [7, 11) is 0. The minimum atomic E-state index is -0.121. The largest absolute Gasteiger partial charge is 0.290 e. The first kappa shape index (κ1) is 14.6. The van der Waals surface area contributed by atoms with Gasteiger partial charge in [-0.25, -0.2) is 0 Å². The molecule has 0 bridgehead atoms. The molecule has 0 spiro atoms. The fraction of sp³-hybridized carbons (Fsp3) is 0. The number of carbonyl (C=O) groups excluding carboxylic acids is 1. The number of ketones is 1. The maximum atomic E-state index is 11.8. The second-order valence-electron chi connectivity index (χ2n) is 4.11. The Hall–Kier alpha value is -1.83. The van der Waals surface area contributed by atoms with Crippen LogP contribution in [0.25, 0.3) is 12.2 Å². The van der Waals surface area contributed by atoms with Gasteiger partial charge in [-0.2, -0.15) is 0 Å². The molecule has 0 aromatic heterocycles. The van der Waals surface area contributed by atoms with Crippen molar-refractivity contribution < 1.29 is 4.79 Å². The van der Waals surface area contributed by atoms with Gasteiger partial charge in [0.05, 0.1) is 0 Å². The molecule has 0 saturated carbocycles. The van der Waals surface area contributed by atoms with E-state index in [1.54, 1.807) is 24.3 Å². The minimum Gasteiger partial charge on any atom is -0.290 e. The zero-order valence-electron chi connectivity index (χ0n) is 10.6. The Bertz CT molecular complexity index is 615. The van der Waals surface area contributed by atoms with Gasteiger partial charge in [-0.1, -0.05) is 59.6 Å². The number of allylic oxidation sites excluding steroid dienone is 2. The molecule has 2 aromatic carbocycles. The van der Waals surface area contributed by atoms with Crippen LogP contribution in [0.5, 0.6) is 0 Å². The molecule has 0 aliphatic heterocycles. The van der Waals surface area contributed by atoms with E-state index in [4.69, 9.17) is 23.2 Å². The summed E-state index contributed by atoms with van der Waals surface area (Å²) in [5, 5.41) is 1.23. The van der Waals surface area contributed by atoms with Gasteiger partial charge in [0, 0.05) is 10.0 Å². The Morgan fingerprint density at radius 2 is 1.15 bits per heavy atom. The number of rotatable bonds is 4. The molecule has 0 aliphatic rings. The Labute approximate surface area is 128 Å². The number of hydrogen-bond acceptors (Lipinski definition) is 1. The summed E-state index contributed by atoms with van der Waals surface area (Å²) in [6, 6.07) is 14.7. The summed E-state index contributed by atoms with van der Waals surface area (Å²) in [5.74, 6) is -0.121. The van der Waals surface area contributed by atoms with Gasteiger partial charge in [-0.15, -0.1) is 0 Å². The van der Waals surface area contributed by atoms with Crippen LogP contribution in [0.4, 0.5) is 0 Å². The van der Waals surface area contributed by atoms with Crippen LogP contribution >= 0.6 is 23.2 Å². The van der Waals surface area contributed by atoms with E-state index in [9.17, 15) is 4.79 Å². The highest BCUT2D eigenvalue weighted by atomic mass is 35.5. The molecule has 0 N–H and O–H groups in total. The number of halogens is 2. The van der Waals surface area contributed by atoms with Crippen LogP contribution in [0.1, 0.15) is 11.1 Å². The summed E-state index contributed by atoms with van der Waals surface area (Å²) < 4.78 is 0. The van der Waals surface area contributed by atoms with E-state index < -0.39 is 0 Å². The van der Waals surface area contributed by atoms with Gasteiger partial charge in [0.1, 0.15) is 0 Å². The van der Waals surface area contributed by atoms with Crippen LogP contribution in [0.3, 0.4) is 0 Å². The highest BCUT2D eigenvalue weighted by molar-refractivity contribution is 6.32. The van der Waals surface area contributed by atoms with E-state index in [2.05, 4.69) is 0 Å². The van der Waals surface area contributed by atoms with Crippen molar-refractivity contribution >= 4 is 41.1 Å². The van der Waals surface area contributed by atoms with E-state index in [0.29, 0.717) is 10.0 Å². The summed E-state index contributed by atoms with van der Waals surface area (Å²) in [6.07, 6.45) is 6.35. The van der Waals surface area contributed by atoms with Crippen molar-refractivity contribution in [2.75, 3.05) is 0 Å². The van der Waals surface area contributed by atoms with Gasteiger partial charge < -0.3 is 0 Å². The molecule has 1 nitrogen and oxygen atoms in total. The Kier molecular flexibility index (Phi) is 5.16. The third kappa shape index (κ3) is 4.09. The molecular formula is C17H12Cl2O. The van der Waals surface area contributed by atoms with Crippen molar-refractivity contribution in [2.24, 2.45) is 0 Å². The molecule has 0 fully saturated rings. The Morgan fingerprint density at radius 3 is 1.55 bits per heavy atom. The molecule has 0 atom stereocenters. The molecule has 0 heterocycles. The smallest absolute Gasteiger partial charge is 0.178 e. The average molecular weight is 303 g/mol. The van der Waals surface area contributed by atoms with E-state index in [1.165, 1.54) is 12.2 Å². The van der Waals surface area contributed by atoms with Crippen molar-refractivity contribution in [2.45, 2.75) is 0 Å². The second-order valence-corrected chi connectivity index (χ2v) is 4.93. The molecule has 0 amide bonds. The summed E-state index contributed by atoms with van der Waals surface area (Å²) >= 11 is 12.0. The van der Waals surface area contributed by atoms with Crippen LogP contribution in [-0.4, -0.2) is 5.78 Å². The normalized spacial score (nSPS) is 11.3. The molecule has 100 valence electrons. The zero-order valence-corrected chi connectivity index (χ0v) is 12.1. The van der Waals surface area contributed by atoms with Crippen LogP contribution in [0.2, 0.25) is 10.0 Å². The molecule has 2 aromatic rings. The predicted octanol–water partition coefficient (Wildman–Crippen LogP) is 5.29. The van der Waals surface area contributed by atoms with Crippen molar-refractivity contribution in [1.29, 1.82) is 0 Å². The highest BCUT2D eigenvalue weighted by Gasteiger charge is 1.97. The lowest BCUT2D eigenvalue weighted by Gasteiger charge is -1.96. The molecule has 3 heteroatoms. The maximum absolute atomic E-state index is 11.8. The summed E-state index contributed by atoms with van der Waals surface area (Å²) in [6.45, 7) is 0. The lowest BCUT2D eigenvalue weighted by molar-refractivity contribution is -0.110. The fourth-order valence-corrected chi connectivity index (χ4v) is 2.02. The van der Waals surface area contributed by atoms with Gasteiger partial charge in [0.25, 0.3) is 0 Å². The van der Waals surface area contributed by atoms with Crippen molar-refractivity contribution in [3.8, 4) is 0 Å². The predicted molar refractivity (Wildman–Crippen MR) is 86.0 cm³/mol. The third-order valence-corrected chi connectivity index (χ3v) is 3.35. The summed E-state index contributed by atoms with van der Waals surface area (Å²) in [5.41, 5.74) is 1.63. The van der Waals surface area contributed by atoms with E-state index in [-0.39, 0.29) is 5.78 Å². The second kappa shape index (κ2) is 7.09. The maximum Gasteiger partial charge on any atom is 0.178 e. The van der Waals surface area contributed by atoms with Gasteiger partial charge in [-0.3, -0.25) is 4.79 Å². The first-order chi connectivity index (χ1) is 9.66. The Balaban J connectivity index is 2.07. The van der Waals surface area contributed by atoms with Gasteiger partial charge in [0.2, 0.25) is 0 Å². The fourth-order valence-electron chi connectivity index (χ4n) is 1.62. The topological polar surface area (TPSA) is 17.1 Å².